The van der Waals surface area contributed by atoms with E-state index in [1.54, 1.807) is 0 Å². The molecule has 0 aliphatic heterocycles. The van der Waals surface area contributed by atoms with Gasteiger partial charge >= 0.3 is 0 Å². The van der Waals surface area contributed by atoms with E-state index in [1.165, 1.54) is 19.3 Å². The average molecular weight is 253 g/mol. The van der Waals surface area contributed by atoms with Crippen LogP contribution in [-0.2, 0) is 0 Å². The van der Waals surface area contributed by atoms with E-state index in [4.69, 9.17) is 12.2 Å². The van der Waals surface area contributed by atoms with E-state index in [2.05, 4.69) is 42.5 Å². The van der Waals surface area contributed by atoms with E-state index in [1.807, 2.05) is 0 Å². The minimum absolute atomic E-state index is 0.425. The zero-order valence-corrected chi connectivity index (χ0v) is 12.0. The van der Waals surface area contributed by atoms with Crippen molar-refractivity contribution in [2.24, 2.45) is 11.8 Å². The van der Waals surface area contributed by atoms with E-state index in [-0.39, 0.29) is 0 Å². The van der Waals surface area contributed by atoms with Crippen molar-refractivity contribution in [3.8, 4) is 0 Å². The Kier molecular flexibility index (Phi) is 3.71. The molecule has 17 heavy (non-hydrogen) atoms. The van der Waals surface area contributed by atoms with Crippen molar-refractivity contribution in [1.82, 2.24) is 14.8 Å². The zero-order valence-electron chi connectivity index (χ0n) is 11.2. The van der Waals surface area contributed by atoms with Crippen LogP contribution in [0.25, 0.3) is 0 Å². The molecule has 1 N–H and O–H groups in total. The Morgan fingerprint density at radius 2 is 2.06 bits per heavy atom. The first kappa shape index (κ1) is 12.8. The molecule has 3 nitrogen and oxygen atoms in total. The Hall–Kier alpha value is -0.640. The van der Waals surface area contributed by atoms with Crippen LogP contribution in [0.3, 0.4) is 0 Å². The number of rotatable bonds is 2. The van der Waals surface area contributed by atoms with Gasteiger partial charge in [-0.1, -0.05) is 27.7 Å². The molecule has 0 aromatic carbocycles. The smallest absolute Gasteiger partial charge is 0.195 e. The molecule has 1 aliphatic carbocycles. The van der Waals surface area contributed by atoms with Gasteiger partial charge < -0.3 is 4.57 Å². The highest BCUT2D eigenvalue weighted by molar-refractivity contribution is 7.71. The molecule has 0 amide bonds. The minimum atomic E-state index is 0.425. The third kappa shape index (κ3) is 2.46. The molecule has 1 aliphatic rings. The number of aromatic nitrogens is 3. The molecule has 0 spiro atoms. The minimum Gasteiger partial charge on any atom is -0.301 e. The summed E-state index contributed by atoms with van der Waals surface area (Å²) < 4.78 is 3.07. The fraction of sp³-hybridized carbons (Fsp3) is 0.846. The summed E-state index contributed by atoms with van der Waals surface area (Å²) >= 11 is 5.40. The van der Waals surface area contributed by atoms with Gasteiger partial charge in [0.15, 0.2) is 4.77 Å². The molecule has 96 valence electrons. The third-order valence-corrected chi connectivity index (χ3v) is 4.25. The summed E-state index contributed by atoms with van der Waals surface area (Å²) in [5, 5.41) is 7.35. The number of hydrogen-bond acceptors (Lipinski definition) is 2. The number of nitrogens with one attached hydrogen (secondary N) is 1. The summed E-state index contributed by atoms with van der Waals surface area (Å²) in [7, 11) is 0. The first-order chi connectivity index (χ1) is 8.00. The van der Waals surface area contributed by atoms with E-state index < -0.39 is 0 Å². The quantitative estimate of drug-likeness (QED) is 0.806. The lowest BCUT2D eigenvalue weighted by Gasteiger charge is -2.34. The largest absolute Gasteiger partial charge is 0.301 e. The van der Waals surface area contributed by atoms with E-state index in [0.717, 1.165) is 16.5 Å². The second-order valence-corrected chi connectivity index (χ2v) is 6.26. The SMILES string of the molecule is CC1CCC(n2c(C(C)C)n[nH]c2=S)C(C)C1. The van der Waals surface area contributed by atoms with Crippen LogP contribution in [0.4, 0.5) is 0 Å². The van der Waals surface area contributed by atoms with Crippen LogP contribution in [0.5, 0.6) is 0 Å². The maximum Gasteiger partial charge on any atom is 0.195 e. The molecular weight excluding hydrogens is 230 g/mol. The lowest BCUT2D eigenvalue weighted by atomic mass is 9.79. The van der Waals surface area contributed by atoms with Crippen molar-refractivity contribution in [3.05, 3.63) is 10.6 Å². The van der Waals surface area contributed by atoms with Crippen molar-refractivity contribution < 1.29 is 0 Å². The van der Waals surface area contributed by atoms with Gasteiger partial charge in [0.1, 0.15) is 5.82 Å². The van der Waals surface area contributed by atoms with Crippen molar-refractivity contribution in [1.29, 1.82) is 0 Å². The number of hydrogen-bond donors (Lipinski definition) is 1. The van der Waals surface area contributed by atoms with Gasteiger partial charge in [-0.2, -0.15) is 5.10 Å². The van der Waals surface area contributed by atoms with E-state index in [0.29, 0.717) is 17.9 Å². The molecule has 0 saturated heterocycles. The molecule has 2 rings (SSSR count). The standard InChI is InChI=1S/C13H23N3S/c1-8(2)12-14-15-13(17)16(12)11-6-5-9(3)7-10(11)4/h8-11H,5-7H2,1-4H3,(H,15,17). The highest BCUT2D eigenvalue weighted by Crippen LogP contribution is 2.38. The molecular formula is C13H23N3S. The van der Waals surface area contributed by atoms with Crippen molar-refractivity contribution >= 4 is 12.2 Å². The van der Waals surface area contributed by atoms with Gasteiger partial charge in [-0.05, 0) is 43.3 Å². The fourth-order valence-electron chi connectivity index (χ4n) is 3.08. The fourth-order valence-corrected chi connectivity index (χ4v) is 3.35. The monoisotopic (exact) mass is 253 g/mol. The number of H-pyrrole nitrogens is 1. The van der Waals surface area contributed by atoms with E-state index in [9.17, 15) is 0 Å². The summed E-state index contributed by atoms with van der Waals surface area (Å²) in [4.78, 5) is 0. The van der Waals surface area contributed by atoms with Gasteiger partial charge in [0.2, 0.25) is 0 Å². The molecule has 1 saturated carbocycles. The summed E-state index contributed by atoms with van der Waals surface area (Å²) in [5.41, 5.74) is 0. The van der Waals surface area contributed by atoms with E-state index >= 15 is 0 Å². The number of nitrogens with zero attached hydrogens (tertiary/aromatic N) is 2. The maximum atomic E-state index is 5.40. The third-order valence-electron chi connectivity index (χ3n) is 3.97. The van der Waals surface area contributed by atoms with Gasteiger partial charge in [-0.15, -0.1) is 0 Å². The van der Waals surface area contributed by atoms with Crippen molar-refractivity contribution in [3.63, 3.8) is 0 Å². The molecule has 1 heterocycles. The highest BCUT2D eigenvalue weighted by atomic mass is 32.1. The second kappa shape index (κ2) is 4.92. The van der Waals surface area contributed by atoms with Gasteiger partial charge in [-0.3, -0.25) is 5.10 Å². The predicted molar refractivity (Wildman–Crippen MR) is 72.7 cm³/mol. The van der Waals surface area contributed by atoms with Gasteiger partial charge in [0.25, 0.3) is 0 Å². The molecule has 3 unspecified atom stereocenters. The molecule has 1 aromatic rings. The van der Waals surface area contributed by atoms with Crippen LogP contribution < -0.4 is 0 Å². The lowest BCUT2D eigenvalue weighted by molar-refractivity contribution is 0.201. The number of aromatic amines is 1. The van der Waals surface area contributed by atoms with Crippen molar-refractivity contribution in [2.75, 3.05) is 0 Å². The second-order valence-electron chi connectivity index (χ2n) is 5.87. The van der Waals surface area contributed by atoms with Gasteiger partial charge in [-0.25, -0.2) is 0 Å². The zero-order chi connectivity index (χ0) is 12.6. The van der Waals surface area contributed by atoms with Crippen LogP contribution in [0, 0.1) is 16.6 Å². The molecule has 1 fully saturated rings. The Labute approximate surface area is 109 Å². The summed E-state index contributed by atoms with van der Waals surface area (Å²) in [6.45, 7) is 9.05. The molecule has 4 heteroatoms. The Morgan fingerprint density at radius 1 is 1.35 bits per heavy atom. The van der Waals surface area contributed by atoms with Crippen LogP contribution in [0.1, 0.15) is 64.7 Å². The first-order valence-corrected chi connectivity index (χ1v) is 7.08. The maximum absolute atomic E-state index is 5.40. The Balaban J connectivity index is 2.33. The topological polar surface area (TPSA) is 33.6 Å². The van der Waals surface area contributed by atoms with Gasteiger partial charge in [0, 0.05) is 12.0 Å². The molecule has 0 bridgehead atoms. The van der Waals surface area contributed by atoms with Crippen LogP contribution >= 0.6 is 12.2 Å². The summed E-state index contributed by atoms with van der Waals surface area (Å²) in [5.74, 6) is 3.08. The highest BCUT2D eigenvalue weighted by Gasteiger charge is 2.29. The molecule has 3 atom stereocenters. The molecule has 0 radical (unpaired) electrons. The van der Waals surface area contributed by atoms with Gasteiger partial charge in [0.05, 0.1) is 0 Å². The normalized spacial score (nSPS) is 29.8. The summed E-state index contributed by atoms with van der Waals surface area (Å²) in [6.07, 6.45) is 3.84. The average Bonchev–Trinajstić information content (AvgIpc) is 2.60. The van der Waals surface area contributed by atoms with Crippen LogP contribution in [0.2, 0.25) is 0 Å². The Bertz CT molecular complexity index is 432. The summed E-state index contributed by atoms with van der Waals surface area (Å²) in [6, 6.07) is 0.537. The lowest BCUT2D eigenvalue weighted by Crippen LogP contribution is -2.26. The Morgan fingerprint density at radius 3 is 2.65 bits per heavy atom. The van der Waals surface area contributed by atoms with Crippen LogP contribution in [0.15, 0.2) is 0 Å². The van der Waals surface area contributed by atoms with Crippen molar-refractivity contribution in [2.45, 2.75) is 58.9 Å². The predicted octanol–water partition coefficient (Wildman–Crippen LogP) is 4.06. The first-order valence-electron chi connectivity index (χ1n) is 6.67. The van der Waals surface area contributed by atoms with Crippen LogP contribution in [-0.4, -0.2) is 14.8 Å². The molecule has 1 aromatic heterocycles.